The number of hydroxylamine groups is 1. The molecule has 1 fully saturated rings. The zero-order chi connectivity index (χ0) is 27.5. The summed E-state index contributed by atoms with van der Waals surface area (Å²) in [6.45, 7) is 2.07. The molecule has 1 aliphatic heterocycles. The minimum atomic E-state index is -0.698. The molecule has 3 aromatic rings. The van der Waals surface area contributed by atoms with Crippen LogP contribution in [-0.2, 0) is 0 Å². The van der Waals surface area contributed by atoms with Crippen LogP contribution in [0.1, 0.15) is 23.2 Å². The van der Waals surface area contributed by atoms with Crippen LogP contribution < -0.4 is 34.5 Å². The van der Waals surface area contributed by atoms with E-state index in [0.29, 0.717) is 16.7 Å². The second kappa shape index (κ2) is 14.4. The van der Waals surface area contributed by atoms with Crippen molar-refractivity contribution in [3.63, 3.8) is 0 Å². The Kier molecular flexibility index (Phi) is 11.0. The van der Waals surface area contributed by atoms with E-state index in [1.54, 1.807) is 26.4 Å². The molecule has 0 radical (unpaired) electrons. The summed E-state index contributed by atoms with van der Waals surface area (Å²) in [5.74, 6) is 2.34. The maximum Gasteiger partial charge on any atom is 0.279 e. The van der Waals surface area contributed by atoms with E-state index in [-0.39, 0.29) is 11.3 Å². The number of piperidine rings is 1. The minimum absolute atomic E-state index is 0.127. The van der Waals surface area contributed by atoms with Crippen LogP contribution in [0.4, 0.5) is 0 Å². The van der Waals surface area contributed by atoms with Crippen LogP contribution in [0.25, 0.3) is 11.1 Å². The van der Waals surface area contributed by atoms with Crippen molar-refractivity contribution in [2.75, 3.05) is 41.5 Å². The summed E-state index contributed by atoms with van der Waals surface area (Å²) in [6, 6.07) is 17.4. The van der Waals surface area contributed by atoms with Gasteiger partial charge >= 0.3 is 0 Å². The average molecular weight is 543 g/mol. The highest BCUT2D eigenvalue weighted by Gasteiger charge is 2.19. The fourth-order valence-electron chi connectivity index (χ4n) is 4.04. The van der Waals surface area contributed by atoms with Gasteiger partial charge in [0, 0.05) is 4.90 Å². The predicted molar refractivity (Wildman–Crippen MR) is 148 cm³/mol. The molecule has 0 unspecified atom stereocenters. The summed E-state index contributed by atoms with van der Waals surface area (Å²) < 4.78 is 26.7. The molecule has 3 N–H and O–H groups in total. The second-order valence-corrected chi connectivity index (χ2v) is 8.78. The first-order chi connectivity index (χ1) is 18.4. The van der Waals surface area contributed by atoms with Gasteiger partial charge in [0.15, 0.2) is 23.0 Å². The van der Waals surface area contributed by atoms with Gasteiger partial charge in [0.05, 0.1) is 28.4 Å². The molecule has 0 aliphatic carbocycles. The van der Waals surface area contributed by atoms with Crippen LogP contribution in [0, 0.1) is 0 Å². The van der Waals surface area contributed by atoms with E-state index in [9.17, 15) is 4.79 Å². The molecule has 1 amide bonds. The number of rotatable bonds is 8. The number of hydrogen-bond acceptors (Lipinski definition) is 9. The summed E-state index contributed by atoms with van der Waals surface area (Å²) in [5, 5.41) is 11.9. The number of benzene rings is 3. The van der Waals surface area contributed by atoms with E-state index < -0.39 is 5.91 Å². The van der Waals surface area contributed by atoms with Crippen molar-refractivity contribution in [2.24, 2.45) is 0 Å². The van der Waals surface area contributed by atoms with Crippen LogP contribution in [0.15, 0.2) is 59.5 Å². The average Bonchev–Trinajstić information content (AvgIpc) is 2.97. The standard InChI is InChI=1S/C19H23NO3.C9H11NO4S/c1-21-18-8-5-15(13-19(18)22-2)14-3-6-16(7-4-14)23-17-9-11-20-12-10-17;1-13-5-3-4-6(15)7(8(5)14-2)9(11)10-12/h3-8,13,17,20H,9-12H2,1-2H3;3-4,12,15H,1-2H3,(H,10,11). The zero-order valence-corrected chi connectivity index (χ0v) is 22.8. The molecule has 0 saturated carbocycles. The molecule has 3 aromatic carbocycles. The maximum atomic E-state index is 11.3. The minimum Gasteiger partial charge on any atom is -0.493 e. The van der Waals surface area contributed by atoms with Crippen molar-refractivity contribution in [1.82, 2.24) is 10.8 Å². The van der Waals surface area contributed by atoms with Crippen molar-refractivity contribution >= 4 is 18.5 Å². The maximum absolute atomic E-state index is 11.3. The Morgan fingerprint density at radius 2 is 1.45 bits per heavy atom. The fraction of sp³-hybridized carbons (Fsp3) is 0.321. The number of hydrogen-bond donors (Lipinski definition) is 4. The van der Waals surface area contributed by atoms with Gasteiger partial charge in [-0.25, -0.2) is 5.48 Å². The molecule has 9 nitrogen and oxygen atoms in total. The molecule has 1 saturated heterocycles. The molecule has 0 aromatic heterocycles. The Morgan fingerprint density at radius 3 is 2.03 bits per heavy atom. The molecule has 38 heavy (non-hydrogen) atoms. The van der Waals surface area contributed by atoms with Crippen molar-refractivity contribution in [3.8, 4) is 39.9 Å². The van der Waals surface area contributed by atoms with Gasteiger partial charge in [-0.15, -0.1) is 12.6 Å². The van der Waals surface area contributed by atoms with Crippen LogP contribution in [-0.4, -0.2) is 58.7 Å². The third-order valence-corrected chi connectivity index (χ3v) is 6.39. The van der Waals surface area contributed by atoms with Gasteiger partial charge in [0.25, 0.3) is 5.91 Å². The number of thiol groups is 1. The number of nitrogens with one attached hydrogen (secondary N) is 2. The molecule has 0 spiro atoms. The summed E-state index contributed by atoms with van der Waals surface area (Å²) >= 11 is 4.09. The first kappa shape index (κ1) is 29.0. The molecule has 10 heteroatoms. The number of methoxy groups -OCH3 is 4. The van der Waals surface area contributed by atoms with Crippen molar-refractivity contribution in [1.29, 1.82) is 0 Å². The molecule has 1 aliphatic rings. The normalized spacial score (nSPS) is 13.0. The quantitative estimate of drug-likeness (QED) is 0.186. The third kappa shape index (κ3) is 7.25. The van der Waals surface area contributed by atoms with E-state index in [4.69, 9.17) is 28.9 Å². The van der Waals surface area contributed by atoms with Gasteiger partial charge in [-0.2, -0.15) is 0 Å². The predicted octanol–water partition coefficient (Wildman–Crippen LogP) is 4.61. The van der Waals surface area contributed by atoms with Gasteiger partial charge in [-0.3, -0.25) is 10.0 Å². The molecule has 0 atom stereocenters. The highest BCUT2D eigenvalue weighted by atomic mass is 32.1. The smallest absolute Gasteiger partial charge is 0.279 e. The largest absolute Gasteiger partial charge is 0.493 e. The summed E-state index contributed by atoms with van der Waals surface area (Å²) in [5.41, 5.74) is 3.87. The molecule has 1 heterocycles. The summed E-state index contributed by atoms with van der Waals surface area (Å²) in [7, 11) is 6.15. The molecular weight excluding hydrogens is 508 g/mol. The van der Waals surface area contributed by atoms with Gasteiger partial charge in [-0.1, -0.05) is 18.2 Å². The van der Waals surface area contributed by atoms with Crippen LogP contribution in [0.2, 0.25) is 0 Å². The Labute approximate surface area is 228 Å². The SMILES string of the molecule is COc1ccc(-c2ccc(OC3CCNCC3)cc2)cc1OC.COc1ccc(S)c(C(=O)NO)c1OC. The number of carbonyl (C=O) groups excluding carboxylic acids is 1. The topological polar surface area (TPSA) is 108 Å². The highest BCUT2D eigenvalue weighted by molar-refractivity contribution is 7.80. The fourth-order valence-corrected chi connectivity index (χ4v) is 4.32. The lowest BCUT2D eigenvalue weighted by Gasteiger charge is -2.23. The van der Waals surface area contributed by atoms with Gasteiger partial charge in [0.1, 0.15) is 17.4 Å². The van der Waals surface area contributed by atoms with Crippen molar-refractivity contribution in [3.05, 3.63) is 60.2 Å². The van der Waals surface area contributed by atoms with E-state index in [1.807, 2.05) is 30.3 Å². The first-order valence-corrected chi connectivity index (χ1v) is 12.5. The Balaban J connectivity index is 0.000000232. The number of ether oxygens (including phenoxy) is 5. The van der Waals surface area contributed by atoms with Crippen molar-refractivity contribution in [2.45, 2.75) is 23.8 Å². The zero-order valence-electron chi connectivity index (χ0n) is 21.9. The Hall–Kier alpha value is -3.60. The van der Waals surface area contributed by atoms with Gasteiger partial charge in [-0.05, 0) is 73.5 Å². The van der Waals surface area contributed by atoms with Gasteiger partial charge in [0.2, 0.25) is 0 Å². The Morgan fingerprint density at radius 1 is 0.842 bits per heavy atom. The summed E-state index contributed by atoms with van der Waals surface area (Å²) in [6.07, 6.45) is 2.46. The first-order valence-electron chi connectivity index (χ1n) is 12.0. The molecule has 4 rings (SSSR count). The highest BCUT2D eigenvalue weighted by Crippen LogP contribution is 2.35. The second-order valence-electron chi connectivity index (χ2n) is 8.30. The third-order valence-electron chi connectivity index (χ3n) is 6.01. The van der Waals surface area contributed by atoms with Crippen molar-refractivity contribution < 1.29 is 33.7 Å². The Bertz CT molecular complexity index is 1200. The molecule has 0 bridgehead atoms. The van der Waals surface area contributed by atoms with E-state index in [1.165, 1.54) is 19.7 Å². The van der Waals surface area contributed by atoms with Gasteiger partial charge < -0.3 is 29.0 Å². The summed E-state index contributed by atoms with van der Waals surface area (Å²) in [4.78, 5) is 11.7. The number of carbonyl (C=O) groups is 1. The monoisotopic (exact) mass is 542 g/mol. The van der Waals surface area contributed by atoms with E-state index in [2.05, 4.69) is 30.1 Å². The van der Waals surface area contributed by atoms with Crippen LogP contribution in [0.5, 0.6) is 28.7 Å². The van der Waals surface area contributed by atoms with E-state index in [0.717, 1.165) is 54.3 Å². The molecular formula is C28H34N2O7S. The lowest BCUT2D eigenvalue weighted by Crippen LogP contribution is -2.34. The van der Waals surface area contributed by atoms with Crippen LogP contribution >= 0.6 is 12.6 Å². The molecule has 204 valence electrons. The van der Waals surface area contributed by atoms with Crippen LogP contribution in [0.3, 0.4) is 0 Å². The lowest BCUT2D eigenvalue weighted by molar-refractivity contribution is 0.0699. The number of amides is 1. The lowest BCUT2D eigenvalue weighted by atomic mass is 10.0. The van der Waals surface area contributed by atoms with E-state index >= 15 is 0 Å².